The Balaban J connectivity index is 0.00000338. The van der Waals surface area contributed by atoms with Crippen LogP contribution in [0.15, 0.2) is 18.2 Å². The largest absolute Gasteiger partial charge is 0.492 e. The van der Waals surface area contributed by atoms with Crippen molar-refractivity contribution in [2.45, 2.75) is 70.5 Å². The Bertz CT molecular complexity index is 605. The first-order valence-electron chi connectivity index (χ1n) is 8.73. The van der Waals surface area contributed by atoms with E-state index in [1.165, 1.54) is 0 Å². The van der Waals surface area contributed by atoms with Crippen LogP contribution in [-0.4, -0.2) is 29.6 Å². The van der Waals surface area contributed by atoms with Crippen LogP contribution in [0.25, 0.3) is 0 Å². The molecule has 1 heterocycles. The number of benzene rings is 1. The van der Waals surface area contributed by atoms with Gasteiger partial charge < -0.3 is 15.4 Å². The quantitative estimate of drug-likeness (QED) is 0.633. The summed E-state index contributed by atoms with van der Waals surface area (Å²) in [4.78, 5) is 12.2. The average Bonchev–Trinajstić information content (AvgIpc) is 2.41. The van der Waals surface area contributed by atoms with Crippen LogP contribution < -0.4 is 15.4 Å². The highest BCUT2D eigenvalue weighted by Gasteiger charge is 2.37. The van der Waals surface area contributed by atoms with Crippen LogP contribution >= 0.6 is 35.6 Å². The van der Waals surface area contributed by atoms with Crippen LogP contribution in [0.4, 0.5) is 0 Å². The molecular weight excluding hydrogens is 395 g/mol. The molecule has 7 heteroatoms. The molecule has 0 atom stereocenters. The van der Waals surface area contributed by atoms with E-state index in [1.54, 1.807) is 18.2 Å². The fourth-order valence-electron chi connectivity index (χ4n) is 3.73. The molecule has 0 aromatic heterocycles. The van der Waals surface area contributed by atoms with E-state index < -0.39 is 0 Å². The molecular formula is C19H29Cl3N2O2. The molecule has 2 rings (SSSR count). The lowest BCUT2D eigenvalue weighted by Crippen LogP contribution is -2.62. The van der Waals surface area contributed by atoms with Gasteiger partial charge >= 0.3 is 0 Å². The van der Waals surface area contributed by atoms with Gasteiger partial charge in [-0.1, -0.05) is 23.2 Å². The Morgan fingerprint density at radius 3 is 2.42 bits per heavy atom. The molecule has 1 aliphatic rings. The lowest BCUT2D eigenvalue weighted by atomic mass is 9.79. The molecule has 1 aromatic rings. The first kappa shape index (κ1) is 23.4. The molecule has 1 saturated heterocycles. The van der Waals surface area contributed by atoms with Crippen LogP contribution in [0.3, 0.4) is 0 Å². The molecule has 1 aromatic carbocycles. The molecule has 0 unspecified atom stereocenters. The Hall–Kier alpha value is -0.680. The van der Waals surface area contributed by atoms with Gasteiger partial charge in [-0.15, -0.1) is 12.4 Å². The predicted molar refractivity (Wildman–Crippen MR) is 111 cm³/mol. The third kappa shape index (κ3) is 7.51. The van der Waals surface area contributed by atoms with E-state index in [4.69, 9.17) is 27.9 Å². The molecule has 148 valence electrons. The number of nitrogens with one attached hydrogen (secondary N) is 2. The summed E-state index contributed by atoms with van der Waals surface area (Å²) in [7, 11) is 0. The summed E-state index contributed by atoms with van der Waals surface area (Å²) in [6.45, 7) is 9.15. The topological polar surface area (TPSA) is 50.4 Å². The summed E-state index contributed by atoms with van der Waals surface area (Å²) in [5.74, 6) is 0.664. The molecule has 1 aliphatic heterocycles. The summed E-state index contributed by atoms with van der Waals surface area (Å²) in [6.07, 6.45) is 2.94. The second kappa shape index (κ2) is 9.50. The molecule has 1 fully saturated rings. The average molecular weight is 424 g/mol. The van der Waals surface area contributed by atoms with Crippen molar-refractivity contribution in [3.63, 3.8) is 0 Å². The number of rotatable bonds is 6. The van der Waals surface area contributed by atoms with Gasteiger partial charge in [0.25, 0.3) is 0 Å². The van der Waals surface area contributed by atoms with Crippen molar-refractivity contribution in [3.05, 3.63) is 28.2 Å². The number of hydrogen-bond acceptors (Lipinski definition) is 3. The Morgan fingerprint density at radius 1 is 1.23 bits per heavy atom. The van der Waals surface area contributed by atoms with E-state index in [1.807, 2.05) is 0 Å². The Morgan fingerprint density at radius 2 is 1.85 bits per heavy atom. The number of ether oxygens (including phenoxy) is 1. The van der Waals surface area contributed by atoms with E-state index in [0.29, 0.717) is 35.2 Å². The van der Waals surface area contributed by atoms with Gasteiger partial charge in [0.05, 0.1) is 11.6 Å². The standard InChI is InChI=1S/C19H28Cl2N2O2.ClH/c1-18(2)11-14(12-19(3,4)23-18)22-17(24)6-5-9-25-16-8-7-13(20)10-15(16)21;/h7-8,10,14,23H,5-6,9,11-12H2,1-4H3,(H,22,24);1H. The van der Waals surface area contributed by atoms with Gasteiger partial charge in [-0.05, 0) is 65.2 Å². The van der Waals surface area contributed by atoms with E-state index in [0.717, 1.165) is 12.8 Å². The van der Waals surface area contributed by atoms with Crippen LogP contribution in [-0.2, 0) is 4.79 Å². The van der Waals surface area contributed by atoms with Gasteiger partial charge in [0.2, 0.25) is 5.91 Å². The minimum Gasteiger partial charge on any atom is -0.492 e. The third-order valence-electron chi connectivity index (χ3n) is 4.25. The zero-order chi connectivity index (χ0) is 18.7. The maximum absolute atomic E-state index is 12.2. The number of carbonyl (C=O) groups is 1. The van der Waals surface area contributed by atoms with E-state index in [2.05, 4.69) is 38.3 Å². The molecule has 0 bridgehead atoms. The normalized spacial score (nSPS) is 18.7. The van der Waals surface area contributed by atoms with Crippen molar-refractivity contribution in [3.8, 4) is 5.75 Å². The second-order valence-corrected chi connectivity index (χ2v) is 8.94. The van der Waals surface area contributed by atoms with Crippen molar-refractivity contribution in [2.24, 2.45) is 0 Å². The highest BCUT2D eigenvalue weighted by Crippen LogP contribution is 2.29. The van der Waals surface area contributed by atoms with Crippen LogP contribution in [0.2, 0.25) is 10.0 Å². The molecule has 0 aliphatic carbocycles. The Kier molecular flexibility index (Phi) is 8.53. The fourth-order valence-corrected chi connectivity index (χ4v) is 4.19. The molecule has 0 spiro atoms. The summed E-state index contributed by atoms with van der Waals surface area (Å²) < 4.78 is 5.62. The molecule has 4 nitrogen and oxygen atoms in total. The zero-order valence-corrected chi connectivity index (χ0v) is 18.2. The predicted octanol–water partition coefficient (Wildman–Crippen LogP) is 5.00. The maximum Gasteiger partial charge on any atom is 0.220 e. The molecule has 2 N–H and O–H groups in total. The monoisotopic (exact) mass is 422 g/mol. The highest BCUT2D eigenvalue weighted by atomic mass is 35.5. The Labute approximate surface area is 172 Å². The van der Waals surface area contributed by atoms with Gasteiger partial charge in [-0.3, -0.25) is 4.79 Å². The molecule has 0 saturated carbocycles. The SMILES string of the molecule is CC1(C)CC(NC(=O)CCCOc2ccc(Cl)cc2Cl)CC(C)(C)N1.Cl. The molecule has 26 heavy (non-hydrogen) atoms. The number of halogens is 3. The summed E-state index contributed by atoms with van der Waals surface area (Å²) >= 11 is 11.9. The summed E-state index contributed by atoms with van der Waals surface area (Å²) in [6, 6.07) is 5.32. The maximum atomic E-state index is 12.2. The van der Waals surface area contributed by atoms with Crippen LogP contribution in [0.5, 0.6) is 5.75 Å². The van der Waals surface area contributed by atoms with Gasteiger partial charge in [-0.25, -0.2) is 0 Å². The first-order chi connectivity index (χ1) is 11.6. The van der Waals surface area contributed by atoms with E-state index in [-0.39, 0.29) is 35.4 Å². The van der Waals surface area contributed by atoms with Gasteiger partial charge in [-0.2, -0.15) is 0 Å². The van der Waals surface area contributed by atoms with E-state index in [9.17, 15) is 4.79 Å². The number of piperidine rings is 1. The van der Waals surface area contributed by atoms with Crippen LogP contribution in [0.1, 0.15) is 53.4 Å². The van der Waals surface area contributed by atoms with Crippen molar-refractivity contribution in [1.29, 1.82) is 0 Å². The third-order valence-corrected chi connectivity index (χ3v) is 4.79. The van der Waals surface area contributed by atoms with Crippen molar-refractivity contribution in [1.82, 2.24) is 10.6 Å². The fraction of sp³-hybridized carbons (Fsp3) is 0.632. The van der Waals surface area contributed by atoms with Crippen molar-refractivity contribution < 1.29 is 9.53 Å². The molecule has 0 radical (unpaired) electrons. The number of hydrogen-bond donors (Lipinski definition) is 2. The number of amides is 1. The summed E-state index contributed by atoms with van der Waals surface area (Å²) in [5.41, 5.74) is 0.0439. The minimum absolute atomic E-state index is 0. The van der Waals surface area contributed by atoms with Gasteiger partial charge in [0.15, 0.2) is 0 Å². The lowest BCUT2D eigenvalue weighted by Gasteiger charge is -2.46. The van der Waals surface area contributed by atoms with Crippen molar-refractivity contribution >= 4 is 41.5 Å². The summed E-state index contributed by atoms with van der Waals surface area (Å²) in [5, 5.41) is 7.85. The zero-order valence-electron chi connectivity index (χ0n) is 15.8. The lowest BCUT2D eigenvalue weighted by molar-refractivity contribution is -0.122. The van der Waals surface area contributed by atoms with Gasteiger partial charge in [0, 0.05) is 28.6 Å². The molecule has 1 amide bonds. The smallest absolute Gasteiger partial charge is 0.220 e. The minimum atomic E-state index is 0. The first-order valence-corrected chi connectivity index (χ1v) is 9.48. The van der Waals surface area contributed by atoms with E-state index >= 15 is 0 Å². The van der Waals surface area contributed by atoms with Gasteiger partial charge in [0.1, 0.15) is 5.75 Å². The second-order valence-electron chi connectivity index (χ2n) is 8.09. The number of carbonyl (C=O) groups excluding carboxylic acids is 1. The van der Waals surface area contributed by atoms with Crippen molar-refractivity contribution in [2.75, 3.05) is 6.61 Å². The highest BCUT2D eigenvalue weighted by molar-refractivity contribution is 6.35. The van der Waals surface area contributed by atoms with Crippen LogP contribution in [0, 0.1) is 0 Å².